The second kappa shape index (κ2) is 10.1. The molecule has 2 aliphatic heterocycles. The van der Waals surface area contributed by atoms with E-state index in [1.54, 1.807) is 0 Å². The van der Waals surface area contributed by atoms with Crippen LogP contribution in [0.25, 0.3) is 0 Å². The quantitative estimate of drug-likeness (QED) is 0.375. The van der Waals surface area contributed by atoms with E-state index < -0.39 is 0 Å². The third-order valence-corrected chi connectivity index (χ3v) is 8.07. The number of benzene rings is 3. The van der Waals surface area contributed by atoms with Gasteiger partial charge in [0.25, 0.3) is 0 Å². The Kier molecular flexibility index (Phi) is 6.93. The molecule has 33 heavy (non-hydrogen) atoms. The van der Waals surface area contributed by atoms with Crippen molar-refractivity contribution >= 4 is 51.9 Å². The van der Waals surface area contributed by atoms with Crippen LogP contribution < -0.4 is 10.2 Å². The van der Waals surface area contributed by atoms with Crippen molar-refractivity contribution in [1.82, 2.24) is 10.2 Å². The Morgan fingerprint density at radius 3 is 2.61 bits per heavy atom. The third kappa shape index (κ3) is 5.07. The maximum atomic E-state index is 6.13. The number of anilines is 2. The number of thiocarbonyl (C=S) groups is 1. The van der Waals surface area contributed by atoms with Crippen LogP contribution in [0, 0.1) is 0 Å². The van der Waals surface area contributed by atoms with Crippen molar-refractivity contribution < 1.29 is 0 Å². The molecule has 1 saturated heterocycles. The summed E-state index contributed by atoms with van der Waals surface area (Å²) in [7, 11) is 0. The van der Waals surface area contributed by atoms with Gasteiger partial charge in [-0.2, -0.15) is 0 Å². The van der Waals surface area contributed by atoms with Crippen LogP contribution in [-0.2, 0) is 6.54 Å². The molecule has 2 heterocycles. The van der Waals surface area contributed by atoms with E-state index in [2.05, 4.69) is 70.6 Å². The van der Waals surface area contributed by atoms with E-state index in [1.807, 2.05) is 30.0 Å². The molecule has 0 spiro atoms. The summed E-state index contributed by atoms with van der Waals surface area (Å²) in [5.41, 5.74) is 4.70. The Morgan fingerprint density at radius 1 is 1.00 bits per heavy atom. The average Bonchev–Trinajstić information content (AvgIpc) is 3.33. The lowest BCUT2D eigenvalue weighted by Gasteiger charge is -2.39. The van der Waals surface area contributed by atoms with Crippen LogP contribution in [0.4, 0.5) is 11.4 Å². The zero-order chi connectivity index (χ0) is 22.8. The molecule has 1 unspecified atom stereocenters. The van der Waals surface area contributed by atoms with Crippen molar-refractivity contribution in [3.63, 3.8) is 0 Å². The molecule has 0 amide bonds. The second-order valence-electron chi connectivity index (χ2n) is 8.79. The first-order valence-electron chi connectivity index (χ1n) is 11.5. The lowest BCUT2D eigenvalue weighted by molar-refractivity contribution is 0.319. The Labute approximate surface area is 211 Å². The normalized spacial score (nSPS) is 16.2. The number of hydrogen-bond donors (Lipinski definition) is 1. The standard InChI is InChI=1S/C27H28ClN3S2/c1-19(18-30-13-4-5-14-30)31-23-9-2-3-10-25(23)33-26-12-11-21(16-24(26)31)27(32)29-17-20-7-6-8-22(28)15-20/h2-3,6-12,15-16,19H,4-5,13-14,17-18H2,1H3,(H,29,32). The summed E-state index contributed by atoms with van der Waals surface area (Å²) in [6.45, 7) is 6.48. The molecule has 1 N–H and O–H groups in total. The average molecular weight is 494 g/mol. The molecule has 1 atom stereocenters. The van der Waals surface area contributed by atoms with E-state index in [4.69, 9.17) is 23.8 Å². The summed E-state index contributed by atoms with van der Waals surface area (Å²) >= 11 is 13.8. The fourth-order valence-corrected chi connectivity index (χ4v) is 6.22. The van der Waals surface area contributed by atoms with Gasteiger partial charge in [0.05, 0.1) is 11.4 Å². The first-order chi connectivity index (χ1) is 16.1. The molecular weight excluding hydrogens is 466 g/mol. The molecule has 3 nitrogen and oxygen atoms in total. The highest BCUT2D eigenvalue weighted by Crippen LogP contribution is 2.49. The van der Waals surface area contributed by atoms with Crippen molar-refractivity contribution in [2.24, 2.45) is 0 Å². The number of fused-ring (bicyclic) bond motifs is 2. The van der Waals surface area contributed by atoms with E-state index in [9.17, 15) is 0 Å². The maximum absolute atomic E-state index is 6.13. The van der Waals surface area contributed by atoms with E-state index in [0.717, 1.165) is 27.7 Å². The number of nitrogens with one attached hydrogen (secondary N) is 1. The van der Waals surface area contributed by atoms with Crippen LogP contribution in [0.5, 0.6) is 0 Å². The number of para-hydroxylation sites is 1. The van der Waals surface area contributed by atoms with Gasteiger partial charge in [-0.3, -0.25) is 0 Å². The summed E-state index contributed by atoms with van der Waals surface area (Å²) in [5, 5.41) is 4.15. The highest BCUT2D eigenvalue weighted by molar-refractivity contribution is 7.99. The van der Waals surface area contributed by atoms with Gasteiger partial charge in [-0.15, -0.1) is 0 Å². The maximum Gasteiger partial charge on any atom is 0.106 e. The summed E-state index contributed by atoms with van der Waals surface area (Å²) in [6.07, 6.45) is 2.62. The smallest absolute Gasteiger partial charge is 0.106 e. The van der Waals surface area contributed by atoms with Crippen molar-refractivity contribution in [3.8, 4) is 0 Å². The third-order valence-electron chi connectivity index (χ3n) is 6.33. The van der Waals surface area contributed by atoms with Crippen LogP contribution in [0.1, 0.15) is 30.9 Å². The summed E-state index contributed by atoms with van der Waals surface area (Å²) < 4.78 is 0. The fourth-order valence-electron chi connectivity index (χ4n) is 4.75. The van der Waals surface area contributed by atoms with E-state index >= 15 is 0 Å². The molecule has 6 heteroatoms. The summed E-state index contributed by atoms with van der Waals surface area (Å²) in [6, 6.07) is 23.6. The van der Waals surface area contributed by atoms with Gasteiger partial charge in [0.2, 0.25) is 0 Å². The summed E-state index contributed by atoms with van der Waals surface area (Å²) in [5.74, 6) is 0. The number of rotatable bonds is 6. The lowest BCUT2D eigenvalue weighted by Crippen LogP contribution is -2.40. The minimum absolute atomic E-state index is 0.368. The van der Waals surface area contributed by atoms with Gasteiger partial charge in [-0.05, 0) is 74.8 Å². The molecule has 5 rings (SSSR count). The zero-order valence-electron chi connectivity index (χ0n) is 18.8. The van der Waals surface area contributed by atoms with Crippen LogP contribution in [0.2, 0.25) is 5.02 Å². The number of hydrogen-bond acceptors (Lipinski definition) is 4. The van der Waals surface area contributed by atoms with E-state index in [-0.39, 0.29) is 0 Å². The Morgan fingerprint density at radius 2 is 1.79 bits per heavy atom. The van der Waals surface area contributed by atoms with Gasteiger partial charge in [0.15, 0.2) is 0 Å². The van der Waals surface area contributed by atoms with Gasteiger partial charge in [0, 0.05) is 39.5 Å². The molecule has 1 fully saturated rings. The van der Waals surface area contributed by atoms with Crippen LogP contribution >= 0.6 is 35.6 Å². The topological polar surface area (TPSA) is 18.5 Å². The molecular formula is C27H28ClN3S2. The fraction of sp³-hybridized carbons (Fsp3) is 0.296. The molecule has 0 aliphatic carbocycles. The van der Waals surface area contributed by atoms with Crippen molar-refractivity contribution in [2.45, 2.75) is 42.1 Å². The SMILES string of the molecule is CC(CN1CCCC1)N1c2ccccc2Sc2ccc(C(=S)NCc3cccc(Cl)c3)cc21. The van der Waals surface area contributed by atoms with Gasteiger partial charge in [-0.1, -0.05) is 65.9 Å². The molecule has 0 saturated carbocycles. The number of nitrogens with zero attached hydrogens (tertiary/aromatic N) is 2. The monoisotopic (exact) mass is 493 g/mol. The Balaban J connectivity index is 1.41. The Bertz CT molecular complexity index is 1160. The zero-order valence-corrected chi connectivity index (χ0v) is 21.1. The van der Waals surface area contributed by atoms with Gasteiger partial charge >= 0.3 is 0 Å². The van der Waals surface area contributed by atoms with Crippen LogP contribution in [0.15, 0.2) is 76.5 Å². The second-order valence-corrected chi connectivity index (χ2v) is 10.7. The van der Waals surface area contributed by atoms with Gasteiger partial charge < -0.3 is 15.1 Å². The minimum atomic E-state index is 0.368. The molecule has 0 aromatic heterocycles. The number of likely N-dealkylation sites (tertiary alicyclic amines) is 1. The minimum Gasteiger partial charge on any atom is -0.372 e. The van der Waals surface area contributed by atoms with Crippen LogP contribution in [-0.4, -0.2) is 35.6 Å². The lowest BCUT2D eigenvalue weighted by atomic mass is 10.1. The predicted molar refractivity (Wildman–Crippen MR) is 144 cm³/mol. The van der Waals surface area contributed by atoms with E-state index in [1.165, 1.54) is 47.1 Å². The number of halogens is 1. The first-order valence-corrected chi connectivity index (χ1v) is 13.1. The molecule has 0 radical (unpaired) electrons. The molecule has 170 valence electrons. The molecule has 3 aromatic carbocycles. The molecule has 2 aliphatic rings. The largest absolute Gasteiger partial charge is 0.372 e. The van der Waals surface area contributed by atoms with Crippen LogP contribution in [0.3, 0.4) is 0 Å². The molecule has 3 aromatic rings. The van der Waals surface area contributed by atoms with E-state index in [0.29, 0.717) is 12.6 Å². The molecule has 0 bridgehead atoms. The Hall–Kier alpha value is -2.05. The first kappa shape index (κ1) is 22.7. The summed E-state index contributed by atoms with van der Waals surface area (Å²) in [4.78, 5) is 8.46. The van der Waals surface area contributed by atoms with Crippen molar-refractivity contribution in [3.05, 3.63) is 82.9 Å². The van der Waals surface area contributed by atoms with Crippen molar-refractivity contribution in [2.75, 3.05) is 24.5 Å². The predicted octanol–water partition coefficient (Wildman–Crippen LogP) is 6.89. The highest BCUT2D eigenvalue weighted by atomic mass is 35.5. The van der Waals surface area contributed by atoms with Crippen molar-refractivity contribution in [1.29, 1.82) is 0 Å². The van der Waals surface area contributed by atoms with Gasteiger partial charge in [0.1, 0.15) is 4.99 Å². The highest BCUT2D eigenvalue weighted by Gasteiger charge is 2.29. The van der Waals surface area contributed by atoms with Gasteiger partial charge in [-0.25, -0.2) is 0 Å².